The highest BCUT2D eigenvalue weighted by atomic mass is 35.5. The molecule has 6 aromatic carbocycles. The highest BCUT2D eigenvalue weighted by molar-refractivity contribution is 7.20. The number of hydrogen-bond donors (Lipinski definition) is 0. The topological polar surface area (TPSA) is 0 Å². The van der Waals surface area contributed by atoms with Crippen LogP contribution >= 0.6 is 34.5 Å². The van der Waals surface area contributed by atoms with Crippen molar-refractivity contribution in [3.63, 3.8) is 0 Å². The van der Waals surface area contributed by atoms with Crippen LogP contribution in [0.5, 0.6) is 0 Å². The summed E-state index contributed by atoms with van der Waals surface area (Å²) < 4.78 is 0. The Kier molecular flexibility index (Phi) is 7.70. The molecule has 0 aliphatic carbocycles. The Hall–Kier alpha value is -4.40. The number of halogens is 2. The molecule has 0 nitrogen and oxygen atoms in total. The van der Waals surface area contributed by atoms with E-state index in [1.807, 2.05) is 47.7 Å². The van der Waals surface area contributed by atoms with Crippen molar-refractivity contribution < 1.29 is 0 Å². The van der Waals surface area contributed by atoms with Gasteiger partial charge in [0.25, 0.3) is 0 Å². The van der Waals surface area contributed by atoms with Gasteiger partial charge in [0.05, 0.1) is 0 Å². The Morgan fingerprint density at radius 3 is 1.02 bits per heavy atom. The largest absolute Gasteiger partial charge is 0.134 e. The lowest BCUT2D eigenvalue weighted by atomic mass is 9.91. The monoisotopic (exact) mass is 608 g/mol. The second-order valence-electron chi connectivity index (χ2n) is 10.4. The third kappa shape index (κ3) is 5.68. The molecular weight excluding hydrogens is 583 g/mol. The van der Waals surface area contributed by atoms with Crippen molar-refractivity contribution in [2.75, 3.05) is 0 Å². The van der Waals surface area contributed by atoms with Gasteiger partial charge in [-0.1, -0.05) is 157 Å². The van der Waals surface area contributed by atoms with Gasteiger partial charge in [-0.3, -0.25) is 0 Å². The Morgan fingerprint density at radius 1 is 0.302 bits per heavy atom. The zero-order valence-electron chi connectivity index (χ0n) is 23.2. The predicted molar refractivity (Wildman–Crippen MR) is 187 cm³/mol. The van der Waals surface area contributed by atoms with Crippen LogP contribution in [0, 0.1) is 0 Å². The van der Waals surface area contributed by atoms with Gasteiger partial charge in [-0.15, -0.1) is 11.3 Å². The molecule has 43 heavy (non-hydrogen) atoms. The second-order valence-corrected chi connectivity index (χ2v) is 12.3. The molecule has 3 heteroatoms. The SMILES string of the molecule is Clc1cccc(-c2ccc(-c3sc(-c4ccc(-c5cccc(Cl)c5)cc4)c(-c4ccccc4)c3-c3ccccc3)cc2)c1. The van der Waals surface area contributed by atoms with Crippen LogP contribution in [0.15, 0.2) is 158 Å². The lowest BCUT2D eigenvalue weighted by Gasteiger charge is -2.11. The molecule has 0 fully saturated rings. The van der Waals surface area contributed by atoms with E-state index >= 15 is 0 Å². The maximum atomic E-state index is 6.29. The van der Waals surface area contributed by atoms with Crippen LogP contribution in [0.25, 0.3) is 65.4 Å². The molecule has 7 aromatic rings. The van der Waals surface area contributed by atoms with E-state index in [4.69, 9.17) is 23.2 Å². The summed E-state index contributed by atoms with van der Waals surface area (Å²) in [6.07, 6.45) is 0. The molecule has 0 radical (unpaired) electrons. The summed E-state index contributed by atoms with van der Waals surface area (Å²) >= 11 is 14.4. The fraction of sp³-hybridized carbons (Fsp3) is 0. The average Bonchev–Trinajstić information content (AvgIpc) is 3.46. The van der Waals surface area contributed by atoms with Crippen molar-refractivity contribution in [2.24, 2.45) is 0 Å². The molecule has 0 aliphatic heterocycles. The molecule has 0 spiro atoms. The fourth-order valence-electron chi connectivity index (χ4n) is 5.56. The van der Waals surface area contributed by atoms with E-state index in [1.165, 1.54) is 43.1 Å². The summed E-state index contributed by atoms with van der Waals surface area (Å²) in [6.45, 7) is 0. The minimum atomic E-state index is 0.740. The van der Waals surface area contributed by atoms with Crippen molar-refractivity contribution >= 4 is 34.5 Å². The number of thiophene rings is 1. The first-order chi connectivity index (χ1) is 21.1. The van der Waals surface area contributed by atoms with E-state index in [2.05, 4.69) is 121 Å². The number of benzene rings is 6. The quantitative estimate of drug-likeness (QED) is 0.176. The van der Waals surface area contributed by atoms with Gasteiger partial charge >= 0.3 is 0 Å². The molecular formula is C40H26Cl2S. The van der Waals surface area contributed by atoms with Crippen LogP contribution in [0.1, 0.15) is 0 Å². The van der Waals surface area contributed by atoms with Crippen molar-refractivity contribution in [2.45, 2.75) is 0 Å². The Labute approximate surface area is 266 Å². The smallest absolute Gasteiger partial charge is 0.0434 e. The maximum absolute atomic E-state index is 6.29. The molecule has 0 saturated heterocycles. The van der Waals surface area contributed by atoms with Gasteiger partial charge < -0.3 is 0 Å². The summed E-state index contributed by atoms with van der Waals surface area (Å²) in [7, 11) is 0. The van der Waals surface area contributed by atoms with Gasteiger partial charge in [0, 0.05) is 30.9 Å². The predicted octanol–water partition coefficient (Wildman–Crippen LogP) is 13.1. The van der Waals surface area contributed by atoms with E-state index in [-0.39, 0.29) is 0 Å². The first-order valence-electron chi connectivity index (χ1n) is 14.1. The molecule has 0 unspecified atom stereocenters. The summed E-state index contributed by atoms with van der Waals surface area (Å²) in [5.41, 5.74) is 11.8. The highest BCUT2D eigenvalue weighted by Crippen LogP contribution is 2.52. The van der Waals surface area contributed by atoms with Crippen LogP contribution in [0.4, 0.5) is 0 Å². The van der Waals surface area contributed by atoms with E-state index in [0.29, 0.717) is 0 Å². The maximum Gasteiger partial charge on any atom is 0.0434 e. The van der Waals surface area contributed by atoms with Crippen LogP contribution in [-0.2, 0) is 0 Å². The average molecular weight is 610 g/mol. The number of rotatable bonds is 6. The van der Waals surface area contributed by atoms with E-state index < -0.39 is 0 Å². The van der Waals surface area contributed by atoms with Gasteiger partial charge in [0.1, 0.15) is 0 Å². The first kappa shape index (κ1) is 27.4. The Bertz CT molecular complexity index is 1860. The van der Waals surface area contributed by atoms with E-state index in [9.17, 15) is 0 Å². The lowest BCUT2D eigenvalue weighted by molar-refractivity contribution is 1.59. The molecule has 0 saturated carbocycles. The molecule has 0 bridgehead atoms. The zero-order valence-corrected chi connectivity index (χ0v) is 25.5. The lowest BCUT2D eigenvalue weighted by Crippen LogP contribution is -1.86. The summed E-state index contributed by atoms with van der Waals surface area (Å²) in [5.74, 6) is 0. The first-order valence-corrected chi connectivity index (χ1v) is 15.7. The summed E-state index contributed by atoms with van der Waals surface area (Å²) in [5, 5.41) is 1.48. The second kappa shape index (κ2) is 12.1. The molecule has 0 N–H and O–H groups in total. The minimum absolute atomic E-state index is 0.740. The van der Waals surface area contributed by atoms with Crippen molar-refractivity contribution in [1.82, 2.24) is 0 Å². The van der Waals surface area contributed by atoms with Crippen molar-refractivity contribution in [3.05, 3.63) is 168 Å². The standard InChI is InChI=1S/C40H26Cl2S/c41-35-15-7-13-33(25-35)27-17-21-31(22-18-27)39-37(29-9-3-1-4-10-29)38(30-11-5-2-6-12-30)40(43-39)32-23-19-28(20-24-32)34-14-8-16-36(42)26-34/h1-26H. The number of hydrogen-bond acceptors (Lipinski definition) is 1. The van der Waals surface area contributed by atoms with Gasteiger partial charge in [-0.05, 0) is 68.8 Å². The van der Waals surface area contributed by atoms with Crippen LogP contribution < -0.4 is 0 Å². The molecule has 1 aromatic heterocycles. The van der Waals surface area contributed by atoms with Gasteiger partial charge in [0.15, 0.2) is 0 Å². The molecule has 1 heterocycles. The Balaban J connectivity index is 1.41. The zero-order chi connectivity index (χ0) is 29.2. The van der Waals surface area contributed by atoms with Crippen molar-refractivity contribution in [1.29, 1.82) is 0 Å². The summed E-state index contributed by atoms with van der Waals surface area (Å²) in [4.78, 5) is 2.49. The molecule has 0 amide bonds. The van der Waals surface area contributed by atoms with E-state index in [1.54, 1.807) is 0 Å². The van der Waals surface area contributed by atoms with E-state index in [0.717, 1.165) is 32.3 Å². The van der Waals surface area contributed by atoms with Crippen LogP contribution in [0.3, 0.4) is 0 Å². The van der Waals surface area contributed by atoms with Gasteiger partial charge in [-0.2, -0.15) is 0 Å². The van der Waals surface area contributed by atoms with Gasteiger partial charge in [0.2, 0.25) is 0 Å². The minimum Gasteiger partial charge on any atom is -0.134 e. The molecule has 7 rings (SSSR count). The third-order valence-electron chi connectivity index (χ3n) is 7.64. The van der Waals surface area contributed by atoms with Crippen LogP contribution in [-0.4, -0.2) is 0 Å². The summed E-state index contributed by atoms with van der Waals surface area (Å²) in [6, 6.07) is 55.2. The van der Waals surface area contributed by atoms with Gasteiger partial charge in [-0.25, -0.2) is 0 Å². The normalized spacial score (nSPS) is 11.0. The molecule has 0 aliphatic rings. The Morgan fingerprint density at radius 2 is 0.651 bits per heavy atom. The third-order valence-corrected chi connectivity index (χ3v) is 9.40. The van der Waals surface area contributed by atoms with Crippen LogP contribution in [0.2, 0.25) is 10.0 Å². The van der Waals surface area contributed by atoms with Crippen molar-refractivity contribution in [3.8, 4) is 65.4 Å². The molecule has 0 atom stereocenters. The fourth-order valence-corrected chi connectivity index (χ4v) is 7.30. The molecule has 206 valence electrons. The highest BCUT2D eigenvalue weighted by Gasteiger charge is 2.23.